The number of aromatic nitrogens is 1. The van der Waals surface area contributed by atoms with E-state index in [4.69, 9.17) is 9.72 Å². The fourth-order valence-corrected chi connectivity index (χ4v) is 4.36. The van der Waals surface area contributed by atoms with Crippen LogP contribution in [0, 0.1) is 5.82 Å². The molecule has 0 bridgehead atoms. The van der Waals surface area contributed by atoms with Gasteiger partial charge in [-0.15, -0.1) is 11.3 Å². The van der Waals surface area contributed by atoms with E-state index in [9.17, 15) is 14.0 Å². The molecule has 0 aliphatic carbocycles. The van der Waals surface area contributed by atoms with E-state index in [1.54, 1.807) is 6.07 Å². The van der Waals surface area contributed by atoms with E-state index in [0.717, 1.165) is 21.8 Å². The molecule has 1 aromatic heterocycles. The molecule has 4 aromatic rings. The first-order chi connectivity index (χ1) is 15.6. The number of amides is 1. The quantitative estimate of drug-likeness (QED) is 0.396. The average molecular weight is 444 g/mol. The van der Waals surface area contributed by atoms with Crippen molar-refractivity contribution < 1.29 is 18.7 Å². The van der Waals surface area contributed by atoms with Crippen LogP contribution in [0.1, 0.15) is 10.4 Å². The number of fused-ring (bicyclic) bond motifs is 1. The highest BCUT2D eigenvalue weighted by atomic mass is 32.1. The second-order valence-electron chi connectivity index (χ2n) is 7.29. The third-order valence-corrected chi connectivity index (χ3v) is 6.08. The fourth-order valence-electron chi connectivity index (χ4n) is 3.53. The molecule has 0 spiro atoms. The highest BCUT2D eigenvalue weighted by molar-refractivity contribution is 7.13. The summed E-state index contributed by atoms with van der Waals surface area (Å²) in [6, 6.07) is 20.7. The van der Waals surface area contributed by atoms with Crippen molar-refractivity contribution in [2.75, 3.05) is 18.1 Å². The summed E-state index contributed by atoms with van der Waals surface area (Å²) < 4.78 is 18.8. The van der Waals surface area contributed by atoms with Gasteiger partial charge in [0.1, 0.15) is 16.6 Å². The molecule has 2 heterocycles. The molecule has 0 saturated heterocycles. The zero-order valence-electron chi connectivity index (χ0n) is 16.8. The van der Waals surface area contributed by atoms with Crippen molar-refractivity contribution in [1.82, 2.24) is 4.98 Å². The molecular formula is C25H17FN2O3S. The van der Waals surface area contributed by atoms with Crippen LogP contribution in [0.25, 0.3) is 21.8 Å². The number of benzene rings is 3. The van der Waals surface area contributed by atoms with Crippen molar-refractivity contribution in [2.24, 2.45) is 0 Å². The maximum atomic E-state index is 13.2. The number of halogens is 1. The van der Waals surface area contributed by atoms with Crippen LogP contribution >= 0.6 is 11.3 Å². The van der Waals surface area contributed by atoms with E-state index in [0.29, 0.717) is 17.0 Å². The van der Waals surface area contributed by atoms with Crippen LogP contribution in [0.15, 0.2) is 78.2 Å². The molecule has 3 aromatic carbocycles. The molecule has 5 rings (SSSR count). The number of rotatable bonds is 5. The second-order valence-corrected chi connectivity index (χ2v) is 8.14. The van der Waals surface area contributed by atoms with Crippen molar-refractivity contribution >= 4 is 28.7 Å². The molecule has 158 valence electrons. The Labute approximate surface area is 187 Å². The topological polar surface area (TPSA) is 59.5 Å². The minimum atomic E-state index is -0.419. The molecule has 1 aliphatic heterocycles. The molecule has 0 unspecified atom stereocenters. The summed E-state index contributed by atoms with van der Waals surface area (Å²) in [7, 11) is 0. The first-order valence-electron chi connectivity index (χ1n) is 9.96. The minimum Gasteiger partial charge on any atom is -0.482 e. The number of carbonyl (C=O) groups is 2. The van der Waals surface area contributed by atoms with Crippen molar-refractivity contribution in [3.8, 4) is 27.6 Å². The highest BCUT2D eigenvalue weighted by Crippen LogP contribution is 2.37. The van der Waals surface area contributed by atoms with E-state index < -0.39 is 5.82 Å². The minimum absolute atomic E-state index is 0.141. The van der Waals surface area contributed by atoms with Gasteiger partial charge in [-0.2, -0.15) is 0 Å². The molecule has 1 amide bonds. The number of nitrogens with zero attached hydrogens (tertiary/aromatic N) is 2. The normalized spacial score (nSPS) is 12.9. The van der Waals surface area contributed by atoms with E-state index in [-0.39, 0.29) is 24.8 Å². The van der Waals surface area contributed by atoms with Crippen LogP contribution in [0.3, 0.4) is 0 Å². The third kappa shape index (κ3) is 3.90. The Morgan fingerprint density at radius 1 is 1.03 bits per heavy atom. The van der Waals surface area contributed by atoms with E-state index in [2.05, 4.69) is 0 Å². The van der Waals surface area contributed by atoms with Crippen LogP contribution in [0.2, 0.25) is 0 Å². The molecule has 1 aliphatic rings. The lowest BCUT2D eigenvalue weighted by Crippen LogP contribution is -2.42. The molecule has 0 atom stereocenters. The Bertz CT molecular complexity index is 1300. The largest absolute Gasteiger partial charge is 0.482 e. The van der Waals surface area contributed by atoms with Gasteiger partial charge in [0.15, 0.2) is 12.4 Å². The Kier molecular flexibility index (Phi) is 5.25. The average Bonchev–Trinajstić information content (AvgIpc) is 3.32. The van der Waals surface area contributed by atoms with Gasteiger partial charge in [0.25, 0.3) is 5.91 Å². The smallest absolute Gasteiger partial charge is 0.265 e. The summed E-state index contributed by atoms with van der Waals surface area (Å²) in [5.41, 5.74) is 3.49. The van der Waals surface area contributed by atoms with E-state index in [1.807, 2.05) is 47.8 Å². The Morgan fingerprint density at radius 3 is 2.59 bits per heavy atom. The van der Waals surface area contributed by atoms with Gasteiger partial charge in [-0.25, -0.2) is 9.37 Å². The van der Waals surface area contributed by atoms with Crippen molar-refractivity contribution in [1.29, 1.82) is 0 Å². The maximum absolute atomic E-state index is 13.2. The summed E-state index contributed by atoms with van der Waals surface area (Å²) in [5.74, 6) is -0.485. The van der Waals surface area contributed by atoms with Crippen molar-refractivity contribution in [3.63, 3.8) is 0 Å². The number of carbonyl (C=O) groups excluding carboxylic acids is 2. The zero-order chi connectivity index (χ0) is 22.1. The van der Waals surface area contributed by atoms with E-state index in [1.165, 1.54) is 40.5 Å². The van der Waals surface area contributed by atoms with Gasteiger partial charge >= 0.3 is 0 Å². The number of Topliss-reactive ketones (excluding diaryl/α,β-unsaturated/α-hetero) is 1. The van der Waals surface area contributed by atoms with Crippen LogP contribution in [-0.4, -0.2) is 29.8 Å². The summed E-state index contributed by atoms with van der Waals surface area (Å²) in [6.45, 7) is -0.297. The molecule has 32 heavy (non-hydrogen) atoms. The summed E-state index contributed by atoms with van der Waals surface area (Å²) in [5, 5.41) is 2.86. The number of anilines is 1. The SMILES string of the molecule is O=C(CN1C(=O)COc2ccc(-c3csc(-c4ccccc4)n3)cc21)c1ccc(F)cc1. The first-order valence-corrected chi connectivity index (χ1v) is 10.8. The molecule has 0 radical (unpaired) electrons. The van der Waals surface area contributed by atoms with Crippen LogP contribution in [0.4, 0.5) is 10.1 Å². The van der Waals surface area contributed by atoms with Crippen molar-refractivity contribution in [2.45, 2.75) is 0 Å². The van der Waals surface area contributed by atoms with E-state index >= 15 is 0 Å². The van der Waals surface area contributed by atoms with Gasteiger partial charge < -0.3 is 4.74 Å². The van der Waals surface area contributed by atoms with Gasteiger partial charge in [0, 0.05) is 22.1 Å². The standard InChI is InChI=1S/C25H17FN2O3S/c26-19-9-6-16(7-10-19)22(29)13-28-21-12-18(8-11-23(21)31-14-24(28)30)20-15-32-25(27-20)17-4-2-1-3-5-17/h1-12,15H,13-14H2. The van der Waals surface area contributed by atoms with Crippen molar-refractivity contribution in [3.05, 3.63) is 89.6 Å². The lowest BCUT2D eigenvalue weighted by molar-refractivity contribution is -0.121. The molecule has 0 saturated carbocycles. The molecule has 0 fully saturated rings. The number of hydrogen-bond donors (Lipinski definition) is 0. The Hall–Kier alpha value is -3.84. The predicted molar refractivity (Wildman–Crippen MR) is 122 cm³/mol. The second kappa shape index (κ2) is 8.36. The highest BCUT2D eigenvalue weighted by Gasteiger charge is 2.28. The van der Waals surface area contributed by atoms with Gasteiger partial charge in [-0.3, -0.25) is 14.5 Å². The summed E-state index contributed by atoms with van der Waals surface area (Å²) in [4.78, 5) is 31.5. The molecular weight excluding hydrogens is 427 g/mol. The van der Waals surface area contributed by atoms with Crippen LogP contribution in [0.5, 0.6) is 5.75 Å². The molecule has 7 heteroatoms. The predicted octanol–water partition coefficient (Wildman–Crippen LogP) is 5.22. The van der Waals surface area contributed by atoms with Gasteiger partial charge in [0.05, 0.1) is 17.9 Å². The fraction of sp³-hybridized carbons (Fsp3) is 0.0800. The number of hydrogen-bond acceptors (Lipinski definition) is 5. The Morgan fingerprint density at radius 2 is 1.81 bits per heavy atom. The lowest BCUT2D eigenvalue weighted by atomic mass is 10.1. The summed E-state index contributed by atoms with van der Waals surface area (Å²) in [6.07, 6.45) is 0. The molecule has 5 nitrogen and oxygen atoms in total. The summed E-state index contributed by atoms with van der Waals surface area (Å²) >= 11 is 1.54. The third-order valence-electron chi connectivity index (χ3n) is 5.19. The van der Waals surface area contributed by atoms with Crippen LogP contribution in [-0.2, 0) is 4.79 Å². The van der Waals surface area contributed by atoms with Gasteiger partial charge in [0.2, 0.25) is 0 Å². The zero-order valence-corrected chi connectivity index (χ0v) is 17.6. The lowest BCUT2D eigenvalue weighted by Gasteiger charge is -2.29. The monoisotopic (exact) mass is 444 g/mol. The number of thiazole rings is 1. The number of ether oxygens (including phenoxy) is 1. The Balaban J connectivity index is 1.45. The van der Waals surface area contributed by atoms with Gasteiger partial charge in [-0.05, 0) is 42.5 Å². The van der Waals surface area contributed by atoms with Crippen LogP contribution < -0.4 is 9.64 Å². The molecule has 0 N–H and O–H groups in total. The van der Waals surface area contributed by atoms with Gasteiger partial charge in [-0.1, -0.05) is 30.3 Å². The first kappa shape index (κ1) is 20.1. The maximum Gasteiger partial charge on any atom is 0.265 e. The number of ketones is 1.